The van der Waals surface area contributed by atoms with Gasteiger partial charge in [-0.1, -0.05) is 6.07 Å². The fraction of sp³-hybridized carbons (Fsp3) is 0.190. The van der Waals surface area contributed by atoms with Gasteiger partial charge >= 0.3 is 5.97 Å². The Bertz CT molecular complexity index is 1320. The number of ether oxygens (including phenoxy) is 1. The van der Waals surface area contributed by atoms with Crippen LogP contribution in [0, 0.1) is 35.3 Å². The van der Waals surface area contributed by atoms with E-state index in [0.29, 0.717) is 15.6 Å². The summed E-state index contributed by atoms with van der Waals surface area (Å²) in [5.74, 6) is -1.32. The van der Waals surface area contributed by atoms with E-state index in [0.717, 1.165) is 16.6 Å². The number of aromatic nitrogens is 3. The molecule has 3 rings (SSSR count). The Morgan fingerprint density at radius 2 is 2.18 bits per heavy atom. The smallest absolute Gasteiger partial charge is 0.341 e. The topological polar surface area (TPSA) is 164 Å². The van der Waals surface area contributed by atoms with E-state index < -0.39 is 16.8 Å². The molecule has 13 heteroatoms. The molecule has 0 fully saturated rings. The van der Waals surface area contributed by atoms with Gasteiger partial charge in [0.25, 0.3) is 11.6 Å². The number of anilines is 1. The van der Waals surface area contributed by atoms with Crippen molar-refractivity contribution in [3.05, 3.63) is 61.8 Å². The standard InChI is InChI=1S/C21H18N6O5S2/c1-4-32-20(29)17-11(2)12(3)33-19(17)25-18(28)14(9-22)7-13-5-6-16(15(8-13)27(30)31)34-21-23-10-24-26-21/h5-8,10H,4H2,1-3H3,(H,25,28)(H,23,24,26)/b14-7-. The molecule has 11 nitrogen and oxygen atoms in total. The number of hydrogen-bond acceptors (Lipinski definition) is 10. The lowest BCUT2D eigenvalue weighted by molar-refractivity contribution is -0.387. The number of benzene rings is 1. The molecule has 0 bridgehead atoms. The first-order chi connectivity index (χ1) is 16.2. The Hall–Kier alpha value is -4.02. The Kier molecular flexibility index (Phi) is 7.77. The number of nitrogens with one attached hydrogen (secondary N) is 2. The van der Waals surface area contributed by atoms with Crippen molar-refractivity contribution >= 4 is 51.7 Å². The van der Waals surface area contributed by atoms with E-state index in [1.807, 2.05) is 0 Å². The Balaban J connectivity index is 1.89. The summed E-state index contributed by atoms with van der Waals surface area (Å²) >= 11 is 2.22. The van der Waals surface area contributed by atoms with E-state index in [1.54, 1.807) is 32.9 Å². The molecular formula is C21H18N6O5S2. The quantitative estimate of drug-likeness (QED) is 0.152. The molecule has 0 unspecified atom stereocenters. The van der Waals surface area contributed by atoms with Crippen molar-refractivity contribution in [2.24, 2.45) is 0 Å². The lowest BCUT2D eigenvalue weighted by atomic mass is 10.1. The maximum Gasteiger partial charge on any atom is 0.341 e. The van der Waals surface area contributed by atoms with Crippen LogP contribution in [0.5, 0.6) is 0 Å². The van der Waals surface area contributed by atoms with Crippen LogP contribution in [0.25, 0.3) is 6.08 Å². The molecule has 2 aromatic heterocycles. The molecule has 0 saturated heterocycles. The maximum absolute atomic E-state index is 12.8. The van der Waals surface area contributed by atoms with Crippen molar-refractivity contribution < 1.29 is 19.2 Å². The van der Waals surface area contributed by atoms with Gasteiger partial charge in [0.05, 0.1) is 22.0 Å². The number of amides is 1. The summed E-state index contributed by atoms with van der Waals surface area (Å²) in [4.78, 5) is 41.2. The van der Waals surface area contributed by atoms with Crippen LogP contribution in [0.3, 0.4) is 0 Å². The first kappa shape index (κ1) is 24.6. The number of carbonyl (C=O) groups is 2. The van der Waals surface area contributed by atoms with E-state index in [9.17, 15) is 25.0 Å². The second kappa shape index (κ2) is 10.7. The highest BCUT2D eigenvalue weighted by Crippen LogP contribution is 2.35. The number of hydrogen-bond donors (Lipinski definition) is 2. The first-order valence-electron chi connectivity index (χ1n) is 9.77. The molecule has 0 radical (unpaired) electrons. The van der Waals surface area contributed by atoms with Crippen molar-refractivity contribution in [3.8, 4) is 6.07 Å². The summed E-state index contributed by atoms with van der Waals surface area (Å²) < 4.78 is 5.07. The van der Waals surface area contributed by atoms with Crippen LogP contribution in [0.15, 0.2) is 40.2 Å². The third-order valence-electron chi connectivity index (χ3n) is 4.55. The normalized spacial score (nSPS) is 11.1. The minimum absolute atomic E-state index is 0.174. The highest BCUT2D eigenvalue weighted by Gasteiger charge is 2.23. The molecule has 34 heavy (non-hydrogen) atoms. The number of nitro benzene ring substituents is 1. The summed E-state index contributed by atoms with van der Waals surface area (Å²) in [7, 11) is 0. The molecule has 0 saturated carbocycles. The van der Waals surface area contributed by atoms with Crippen LogP contribution in [-0.4, -0.2) is 38.6 Å². The third kappa shape index (κ3) is 5.48. The van der Waals surface area contributed by atoms with Gasteiger partial charge < -0.3 is 10.1 Å². The van der Waals surface area contributed by atoms with Crippen LogP contribution in [0.1, 0.15) is 33.3 Å². The zero-order valence-corrected chi connectivity index (χ0v) is 19.9. The van der Waals surface area contributed by atoms with Crippen LogP contribution >= 0.6 is 23.1 Å². The minimum atomic E-state index is -0.753. The van der Waals surface area contributed by atoms with Crippen LogP contribution in [0.4, 0.5) is 10.7 Å². The lowest BCUT2D eigenvalue weighted by Gasteiger charge is -2.07. The molecular weight excluding hydrogens is 480 g/mol. The molecule has 2 heterocycles. The zero-order chi connectivity index (χ0) is 24.8. The maximum atomic E-state index is 12.8. The second-order valence-corrected chi connectivity index (χ2v) is 8.96. The number of nitro groups is 1. The fourth-order valence-corrected chi connectivity index (χ4v) is 4.67. The zero-order valence-electron chi connectivity index (χ0n) is 18.2. The van der Waals surface area contributed by atoms with Gasteiger partial charge in [0.2, 0.25) is 0 Å². The van der Waals surface area contributed by atoms with Gasteiger partial charge in [-0.15, -0.1) is 11.3 Å². The monoisotopic (exact) mass is 498 g/mol. The van der Waals surface area contributed by atoms with Crippen LogP contribution in [0.2, 0.25) is 0 Å². The summed E-state index contributed by atoms with van der Waals surface area (Å²) in [5, 5.41) is 30.7. The van der Waals surface area contributed by atoms with Crippen LogP contribution in [-0.2, 0) is 9.53 Å². The van der Waals surface area contributed by atoms with Crippen LogP contribution < -0.4 is 5.32 Å². The SMILES string of the molecule is CCOC(=O)c1c(NC(=O)/C(C#N)=C\c2ccc(Sc3ncn[nH]3)c([N+](=O)[O-])c2)sc(C)c1C. The Morgan fingerprint density at radius 1 is 1.41 bits per heavy atom. The van der Waals surface area contributed by atoms with Crippen molar-refractivity contribution in [1.29, 1.82) is 5.26 Å². The molecule has 3 aromatic rings. The number of H-pyrrole nitrogens is 1. The van der Waals surface area contributed by atoms with Gasteiger partial charge in [-0.25, -0.2) is 9.78 Å². The van der Waals surface area contributed by atoms with E-state index in [2.05, 4.69) is 20.5 Å². The average Bonchev–Trinajstić information content (AvgIpc) is 3.40. The summed E-state index contributed by atoms with van der Waals surface area (Å²) in [6.45, 7) is 5.40. The van der Waals surface area contributed by atoms with E-state index in [-0.39, 0.29) is 34.0 Å². The number of aromatic amines is 1. The van der Waals surface area contributed by atoms with Gasteiger partial charge in [-0.2, -0.15) is 10.4 Å². The molecule has 0 spiro atoms. The largest absolute Gasteiger partial charge is 0.462 e. The highest BCUT2D eigenvalue weighted by molar-refractivity contribution is 7.99. The highest BCUT2D eigenvalue weighted by atomic mass is 32.2. The minimum Gasteiger partial charge on any atom is -0.462 e. The number of aryl methyl sites for hydroxylation is 1. The molecule has 0 aliphatic rings. The van der Waals surface area contributed by atoms with E-state index in [4.69, 9.17) is 4.74 Å². The van der Waals surface area contributed by atoms with E-state index >= 15 is 0 Å². The van der Waals surface area contributed by atoms with Gasteiger partial charge in [-0.3, -0.25) is 20.0 Å². The molecule has 1 aromatic carbocycles. The molecule has 174 valence electrons. The van der Waals surface area contributed by atoms with Gasteiger partial charge in [0.15, 0.2) is 5.16 Å². The van der Waals surface area contributed by atoms with Gasteiger partial charge in [0.1, 0.15) is 23.0 Å². The summed E-state index contributed by atoms with van der Waals surface area (Å²) in [6.07, 6.45) is 2.52. The van der Waals surface area contributed by atoms with E-state index in [1.165, 1.54) is 35.9 Å². The second-order valence-electron chi connectivity index (χ2n) is 6.71. The first-order valence-corrected chi connectivity index (χ1v) is 11.4. The number of rotatable bonds is 8. The predicted octanol–water partition coefficient (Wildman–Crippen LogP) is 4.26. The molecule has 0 atom stereocenters. The summed E-state index contributed by atoms with van der Waals surface area (Å²) in [6, 6.07) is 6.10. The number of esters is 1. The number of nitrogens with zero attached hydrogens (tertiary/aromatic N) is 4. The van der Waals surface area contributed by atoms with Crippen molar-refractivity contribution in [1.82, 2.24) is 15.2 Å². The Morgan fingerprint density at radius 3 is 2.79 bits per heavy atom. The van der Waals surface area contributed by atoms with Crippen molar-refractivity contribution in [3.63, 3.8) is 0 Å². The van der Waals surface area contributed by atoms with Gasteiger partial charge in [-0.05, 0) is 55.8 Å². The summed E-state index contributed by atoms with van der Waals surface area (Å²) in [5.41, 5.74) is 0.686. The number of thiophene rings is 1. The predicted molar refractivity (Wildman–Crippen MR) is 126 cm³/mol. The van der Waals surface area contributed by atoms with Gasteiger partial charge in [0, 0.05) is 10.9 Å². The average molecular weight is 499 g/mol. The number of carbonyl (C=O) groups excluding carboxylic acids is 2. The number of nitriles is 1. The van der Waals surface area contributed by atoms with Crippen molar-refractivity contribution in [2.45, 2.75) is 30.8 Å². The molecule has 1 amide bonds. The lowest BCUT2D eigenvalue weighted by Crippen LogP contribution is -2.16. The molecule has 0 aliphatic carbocycles. The Labute approximate surface area is 202 Å². The fourth-order valence-electron chi connectivity index (χ4n) is 2.85. The molecule has 2 N–H and O–H groups in total. The molecule has 0 aliphatic heterocycles. The van der Waals surface area contributed by atoms with Crippen molar-refractivity contribution in [2.75, 3.05) is 11.9 Å². The third-order valence-corrected chi connectivity index (χ3v) is 6.63.